The number of fused-ring (bicyclic) bond motifs is 1. The maximum atomic E-state index is 14.6. The van der Waals surface area contributed by atoms with Gasteiger partial charge in [0.25, 0.3) is 0 Å². The molecule has 1 aliphatic carbocycles. The molecule has 3 aromatic heterocycles. The molecule has 4 aromatic rings. The molecule has 9 nitrogen and oxygen atoms in total. The van der Waals surface area contributed by atoms with Gasteiger partial charge in [-0.2, -0.15) is 9.97 Å². The molecule has 0 bridgehead atoms. The van der Waals surface area contributed by atoms with Crippen molar-refractivity contribution in [2.45, 2.75) is 57.5 Å². The maximum Gasteiger partial charge on any atom is 0.245 e. The standard InChI is InChI=1S/C23H25FN6O3/c1-13(2)20-28-22(33-29-20)14-4-6-15(7-5-14)32-23-19-21(25-11-26-23)30(12-27-19)18-9-8-16(31-3)10-17(18)24/h8-15H,4-7H2,1-3H3. The molecule has 33 heavy (non-hydrogen) atoms. The molecule has 0 spiro atoms. The molecule has 5 rings (SSSR count). The number of nitrogens with zero attached hydrogens (tertiary/aromatic N) is 6. The van der Waals surface area contributed by atoms with Gasteiger partial charge in [-0.05, 0) is 37.8 Å². The number of imidazole rings is 1. The summed E-state index contributed by atoms with van der Waals surface area (Å²) in [6.45, 7) is 4.10. The number of ether oxygens (including phenoxy) is 2. The number of benzene rings is 1. The zero-order valence-electron chi connectivity index (χ0n) is 18.7. The predicted octanol–water partition coefficient (Wildman–Crippen LogP) is 4.57. The van der Waals surface area contributed by atoms with Crippen molar-refractivity contribution < 1.29 is 18.4 Å². The molecule has 10 heteroatoms. The van der Waals surface area contributed by atoms with Gasteiger partial charge in [0.05, 0.1) is 12.8 Å². The summed E-state index contributed by atoms with van der Waals surface area (Å²) < 4.78 is 32.9. The Morgan fingerprint density at radius 3 is 2.64 bits per heavy atom. The lowest BCUT2D eigenvalue weighted by Gasteiger charge is -2.26. The normalized spacial score (nSPS) is 18.7. The number of hydrogen-bond donors (Lipinski definition) is 0. The molecule has 0 amide bonds. The van der Waals surface area contributed by atoms with Crippen LogP contribution in [0.1, 0.15) is 63.1 Å². The van der Waals surface area contributed by atoms with Crippen molar-refractivity contribution in [3.8, 4) is 17.3 Å². The number of rotatable bonds is 6. The van der Waals surface area contributed by atoms with Gasteiger partial charge in [0.2, 0.25) is 11.8 Å². The Morgan fingerprint density at radius 1 is 1.12 bits per heavy atom. The molecule has 0 radical (unpaired) electrons. The van der Waals surface area contributed by atoms with Crippen molar-refractivity contribution in [2.24, 2.45) is 0 Å². The van der Waals surface area contributed by atoms with Gasteiger partial charge in [0, 0.05) is 17.9 Å². The smallest absolute Gasteiger partial charge is 0.245 e. The first-order chi connectivity index (χ1) is 16.0. The zero-order chi connectivity index (χ0) is 22.9. The lowest BCUT2D eigenvalue weighted by molar-refractivity contribution is 0.135. The number of aromatic nitrogens is 6. The van der Waals surface area contributed by atoms with E-state index < -0.39 is 5.82 Å². The molecule has 0 N–H and O–H groups in total. The fraction of sp³-hybridized carbons (Fsp3) is 0.435. The van der Waals surface area contributed by atoms with Gasteiger partial charge in [-0.25, -0.2) is 14.4 Å². The second-order valence-corrected chi connectivity index (χ2v) is 8.52. The lowest BCUT2D eigenvalue weighted by Crippen LogP contribution is -2.24. The Kier molecular flexibility index (Phi) is 5.65. The van der Waals surface area contributed by atoms with Crippen molar-refractivity contribution in [2.75, 3.05) is 7.11 Å². The Morgan fingerprint density at radius 2 is 1.94 bits per heavy atom. The first-order valence-corrected chi connectivity index (χ1v) is 11.1. The van der Waals surface area contributed by atoms with Crippen molar-refractivity contribution in [1.29, 1.82) is 0 Å². The minimum absolute atomic E-state index is 0.00490. The first kappa shape index (κ1) is 21.3. The van der Waals surface area contributed by atoms with E-state index in [9.17, 15) is 4.39 Å². The van der Waals surface area contributed by atoms with Gasteiger partial charge in [-0.15, -0.1) is 0 Å². The van der Waals surface area contributed by atoms with Gasteiger partial charge in [0.15, 0.2) is 22.8 Å². The van der Waals surface area contributed by atoms with E-state index in [4.69, 9.17) is 14.0 Å². The fourth-order valence-electron chi connectivity index (χ4n) is 4.12. The van der Waals surface area contributed by atoms with Crippen molar-refractivity contribution in [3.63, 3.8) is 0 Å². The summed E-state index contributed by atoms with van der Waals surface area (Å²) in [7, 11) is 1.50. The zero-order valence-corrected chi connectivity index (χ0v) is 18.7. The van der Waals surface area contributed by atoms with E-state index in [1.165, 1.54) is 25.8 Å². The van der Waals surface area contributed by atoms with Crippen molar-refractivity contribution >= 4 is 11.2 Å². The van der Waals surface area contributed by atoms with Crippen LogP contribution in [0.3, 0.4) is 0 Å². The quantitative estimate of drug-likeness (QED) is 0.419. The molecule has 3 heterocycles. The van der Waals surface area contributed by atoms with E-state index in [2.05, 4.69) is 25.1 Å². The second-order valence-electron chi connectivity index (χ2n) is 8.52. The minimum Gasteiger partial charge on any atom is -0.497 e. The van der Waals surface area contributed by atoms with Crippen LogP contribution in [0, 0.1) is 5.82 Å². The van der Waals surface area contributed by atoms with Crippen LogP contribution in [0.4, 0.5) is 4.39 Å². The molecule has 0 atom stereocenters. The van der Waals surface area contributed by atoms with E-state index in [0.717, 1.165) is 31.5 Å². The van der Waals surface area contributed by atoms with E-state index in [1.54, 1.807) is 16.7 Å². The van der Waals surface area contributed by atoms with Gasteiger partial charge in [0.1, 0.15) is 24.5 Å². The Labute approximate surface area is 190 Å². The number of halogens is 1. The van der Waals surface area contributed by atoms with E-state index in [-0.39, 0.29) is 17.9 Å². The van der Waals surface area contributed by atoms with Crippen LogP contribution < -0.4 is 9.47 Å². The SMILES string of the molecule is COc1ccc(-n2cnc3c(OC4CCC(c5nc(C(C)C)no5)CC4)ncnc32)c(F)c1. The monoisotopic (exact) mass is 452 g/mol. The molecule has 1 aliphatic rings. The van der Waals surface area contributed by atoms with Gasteiger partial charge < -0.3 is 14.0 Å². The summed E-state index contributed by atoms with van der Waals surface area (Å²) >= 11 is 0. The highest BCUT2D eigenvalue weighted by Crippen LogP contribution is 2.35. The Balaban J connectivity index is 1.31. The average Bonchev–Trinajstić information content (AvgIpc) is 3.48. The van der Waals surface area contributed by atoms with Gasteiger partial charge in [-0.1, -0.05) is 19.0 Å². The fourth-order valence-corrected chi connectivity index (χ4v) is 4.12. The lowest BCUT2D eigenvalue weighted by atomic mass is 9.87. The molecule has 1 aromatic carbocycles. The van der Waals surface area contributed by atoms with Crippen LogP contribution >= 0.6 is 0 Å². The molecule has 0 saturated heterocycles. The van der Waals surface area contributed by atoms with Crippen LogP contribution in [0.5, 0.6) is 11.6 Å². The van der Waals surface area contributed by atoms with Gasteiger partial charge >= 0.3 is 0 Å². The number of methoxy groups -OCH3 is 1. The van der Waals surface area contributed by atoms with Crippen LogP contribution in [-0.4, -0.2) is 42.9 Å². The molecular weight excluding hydrogens is 427 g/mol. The maximum absolute atomic E-state index is 14.6. The van der Waals surface area contributed by atoms with Crippen LogP contribution in [0.25, 0.3) is 16.9 Å². The summed E-state index contributed by atoms with van der Waals surface area (Å²) in [4.78, 5) is 17.6. The summed E-state index contributed by atoms with van der Waals surface area (Å²) in [5, 5.41) is 4.08. The van der Waals surface area contributed by atoms with Crippen molar-refractivity contribution in [1.82, 2.24) is 29.7 Å². The average molecular weight is 452 g/mol. The highest BCUT2D eigenvalue weighted by molar-refractivity contribution is 5.77. The Hall–Kier alpha value is -3.56. The third-order valence-electron chi connectivity index (χ3n) is 5.99. The summed E-state index contributed by atoms with van der Waals surface area (Å²) in [5.41, 5.74) is 1.29. The molecular formula is C23H25FN6O3. The third kappa shape index (κ3) is 4.12. The first-order valence-electron chi connectivity index (χ1n) is 11.1. The molecule has 172 valence electrons. The molecule has 0 unspecified atom stereocenters. The van der Waals surface area contributed by atoms with Crippen LogP contribution in [0.2, 0.25) is 0 Å². The second kappa shape index (κ2) is 8.76. The van der Waals surface area contributed by atoms with Crippen LogP contribution in [-0.2, 0) is 0 Å². The molecule has 1 saturated carbocycles. The largest absolute Gasteiger partial charge is 0.497 e. The Bertz CT molecular complexity index is 1260. The van der Waals surface area contributed by atoms with Gasteiger partial charge in [-0.3, -0.25) is 4.57 Å². The molecule has 1 fully saturated rings. The van der Waals surface area contributed by atoms with E-state index in [1.807, 2.05) is 13.8 Å². The summed E-state index contributed by atoms with van der Waals surface area (Å²) in [6, 6.07) is 4.64. The third-order valence-corrected chi connectivity index (χ3v) is 5.99. The highest BCUT2D eigenvalue weighted by Gasteiger charge is 2.29. The highest BCUT2D eigenvalue weighted by atomic mass is 19.1. The van der Waals surface area contributed by atoms with Crippen molar-refractivity contribution in [3.05, 3.63) is 48.4 Å². The van der Waals surface area contributed by atoms with E-state index in [0.29, 0.717) is 34.4 Å². The molecule has 0 aliphatic heterocycles. The predicted molar refractivity (Wildman–Crippen MR) is 117 cm³/mol. The summed E-state index contributed by atoms with van der Waals surface area (Å²) in [5.74, 6) is 2.35. The minimum atomic E-state index is -0.435. The summed E-state index contributed by atoms with van der Waals surface area (Å²) in [6.07, 6.45) is 6.39. The van der Waals surface area contributed by atoms with E-state index >= 15 is 0 Å². The van der Waals surface area contributed by atoms with Crippen LogP contribution in [0.15, 0.2) is 35.4 Å². The number of hydrogen-bond acceptors (Lipinski definition) is 8. The topological polar surface area (TPSA) is 101 Å².